The molecule has 6 heteroatoms. The van der Waals surface area contributed by atoms with Crippen LogP contribution in [0.5, 0.6) is 11.5 Å². The summed E-state index contributed by atoms with van der Waals surface area (Å²) in [6, 6.07) is 18.1. The Labute approximate surface area is 172 Å². The van der Waals surface area contributed by atoms with Crippen LogP contribution in [0.1, 0.15) is 25.8 Å². The van der Waals surface area contributed by atoms with E-state index in [0.717, 1.165) is 29.2 Å². The van der Waals surface area contributed by atoms with Crippen molar-refractivity contribution in [1.29, 1.82) is 0 Å². The van der Waals surface area contributed by atoms with E-state index in [4.69, 9.17) is 19.4 Å². The maximum atomic E-state index is 5.39. The number of benzene rings is 2. The number of ether oxygens (including phenoxy) is 2. The van der Waals surface area contributed by atoms with E-state index in [1.54, 1.807) is 14.2 Å². The van der Waals surface area contributed by atoms with Crippen molar-refractivity contribution < 1.29 is 9.47 Å². The van der Waals surface area contributed by atoms with E-state index in [9.17, 15) is 0 Å². The van der Waals surface area contributed by atoms with Crippen molar-refractivity contribution in [3.05, 3.63) is 60.2 Å². The number of rotatable bonds is 9. The van der Waals surface area contributed by atoms with Crippen LogP contribution in [-0.4, -0.2) is 30.2 Å². The summed E-state index contributed by atoms with van der Waals surface area (Å²) in [5.41, 5.74) is 2.05. The molecule has 1 aromatic heterocycles. The molecular formula is C23H28N4O2. The lowest BCUT2D eigenvalue weighted by Gasteiger charge is -2.15. The summed E-state index contributed by atoms with van der Waals surface area (Å²) in [5.74, 6) is 3.68. The molecule has 3 rings (SSSR count). The molecule has 1 atom stereocenters. The minimum absolute atomic E-state index is 0.326. The Hall–Kier alpha value is -3.28. The highest BCUT2D eigenvalue weighted by molar-refractivity contribution is 5.61. The molecule has 0 saturated heterocycles. The first-order valence-electron chi connectivity index (χ1n) is 9.78. The van der Waals surface area contributed by atoms with E-state index in [0.29, 0.717) is 29.9 Å². The normalized spacial score (nSPS) is 11.6. The van der Waals surface area contributed by atoms with Crippen LogP contribution in [-0.2, 0) is 6.54 Å². The van der Waals surface area contributed by atoms with E-state index in [1.165, 1.54) is 0 Å². The second kappa shape index (κ2) is 9.78. The van der Waals surface area contributed by atoms with Crippen LogP contribution >= 0.6 is 0 Å². The van der Waals surface area contributed by atoms with Crippen molar-refractivity contribution >= 4 is 11.6 Å². The fourth-order valence-electron chi connectivity index (χ4n) is 2.87. The van der Waals surface area contributed by atoms with Crippen molar-refractivity contribution in [2.75, 3.05) is 24.9 Å². The predicted molar refractivity (Wildman–Crippen MR) is 118 cm³/mol. The number of nitrogens with zero attached hydrogens (tertiary/aromatic N) is 2. The molecule has 0 spiro atoms. The fourth-order valence-corrected chi connectivity index (χ4v) is 2.87. The number of nitrogens with one attached hydrogen (secondary N) is 2. The second-order valence-corrected chi connectivity index (χ2v) is 6.82. The minimum atomic E-state index is 0.326. The first kappa shape index (κ1) is 20.5. The summed E-state index contributed by atoms with van der Waals surface area (Å²) in [4.78, 5) is 9.41. The van der Waals surface area contributed by atoms with Gasteiger partial charge < -0.3 is 20.1 Å². The van der Waals surface area contributed by atoms with Crippen LogP contribution in [0, 0.1) is 0 Å². The Bertz CT molecular complexity index is 931. The maximum absolute atomic E-state index is 5.39. The zero-order chi connectivity index (χ0) is 20.6. The van der Waals surface area contributed by atoms with Crippen molar-refractivity contribution in [2.45, 2.75) is 32.9 Å². The largest absolute Gasteiger partial charge is 0.493 e. The highest BCUT2D eigenvalue weighted by Gasteiger charge is 2.10. The van der Waals surface area contributed by atoms with Gasteiger partial charge in [-0.1, -0.05) is 43.3 Å². The predicted octanol–water partition coefficient (Wildman–Crippen LogP) is 4.98. The van der Waals surface area contributed by atoms with Crippen LogP contribution in [0.2, 0.25) is 0 Å². The zero-order valence-corrected chi connectivity index (χ0v) is 17.4. The third-order valence-electron chi connectivity index (χ3n) is 4.69. The van der Waals surface area contributed by atoms with E-state index in [2.05, 4.69) is 24.5 Å². The van der Waals surface area contributed by atoms with E-state index in [1.807, 2.05) is 54.6 Å². The molecule has 0 aliphatic carbocycles. The van der Waals surface area contributed by atoms with E-state index >= 15 is 0 Å². The zero-order valence-electron chi connectivity index (χ0n) is 17.4. The Kier molecular flexibility index (Phi) is 6.89. The molecule has 0 bridgehead atoms. The molecule has 2 N–H and O–H groups in total. The molecule has 2 aromatic carbocycles. The van der Waals surface area contributed by atoms with Crippen LogP contribution in [0.4, 0.5) is 11.6 Å². The second-order valence-electron chi connectivity index (χ2n) is 6.82. The lowest BCUT2D eigenvalue weighted by atomic mass is 10.2. The SMILES string of the molecule is CCC(C)Nc1cc(NCc2ccc(OC)c(OC)c2)nc(-c2ccccc2)n1. The molecule has 3 aromatic rings. The molecule has 1 heterocycles. The third-order valence-corrected chi connectivity index (χ3v) is 4.69. The first-order chi connectivity index (χ1) is 14.1. The molecule has 0 fully saturated rings. The smallest absolute Gasteiger partial charge is 0.163 e. The number of hydrogen-bond acceptors (Lipinski definition) is 6. The maximum Gasteiger partial charge on any atom is 0.163 e. The Morgan fingerprint density at radius 3 is 2.31 bits per heavy atom. The first-order valence-corrected chi connectivity index (χ1v) is 9.78. The van der Waals surface area contributed by atoms with Gasteiger partial charge in [0.05, 0.1) is 14.2 Å². The summed E-state index contributed by atoms with van der Waals surface area (Å²) in [6.07, 6.45) is 1.01. The highest BCUT2D eigenvalue weighted by Crippen LogP contribution is 2.28. The Balaban J connectivity index is 1.85. The van der Waals surface area contributed by atoms with Crippen LogP contribution in [0.25, 0.3) is 11.4 Å². The topological polar surface area (TPSA) is 68.3 Å². The number of methoxy groups -OCH3 is 2. The van der Waals surface area contributed by atoms with Gasteiger partial charge in [0.15, 0.2) is 17.3 Å². The monoisotopic (exact) mass is 392 g/mol. The average molecular weight is 393 g/mol. The molecule has 0 radical (unpaired) electrons. The molecule has 0 aliphatic rings. The van der Waals surface area contributed by atoms with Crippen molar-refractivity contribution in [3.8, 4) is 22.9 Å². The van der Waals surface area contributed by atoms with Gasteiger partial charge in [0.1, 0.15) is 11.6 Å². The molecule has 0 saturated carbocycles. The Morgan fingerprint density at radius 1 is 0.897 bits per heavy atom. The van der Waals surface area contributed by atoms with Gasteiger partial charge in [0.25, 0.3) is 0 Å². The fraction of sp³-hybridized carbons (Fsp3) is 0.304. The molecule has 152 valence electrons. The lowest BCUT2D eigenvalue weighted by Crippen LogP contribution is -2.15. The number of anilines is 2. The number of aromatic nitrogens is 2. The molecule has 0 amide bonds. The molecule has 1 unspecified atom stereocenters. The quantitative estimate of drug-likeness (QED) is 0.535. The van der Waals surface area contributed by atoms with E-state index < -0.39 is 0 Å². The van der Waals surface area contributed by atoms with Gasteiger partial charge in [0, 0.05) is 24.2 Å². The van der Waals surface area contributed by atoms with Crippen molar-refractivity contribution in [3.63, 3.8) is 0 Å². The van der Waals surface area contributed by atoms with Gasteiger partial charge in [-0.15, -0.1) is 0 Å². The van der Waals surface area contributed by atoms with Crippen molar-refractivity contribution in [1.82, 2.24) is 9.97 Å². The molecule has 0 aliphatic heterocycles. The summed E-state index contributed by atoms with van der Waals surface area (Å²) in [7, 11) is 3.27. The lowest BCUT2D eigenvalue weighted by molar-refractivity contribution is 0.354. The van der Waals surface area contributed by atoms with Gasteiger partial charge in [-0.05, 0) is 31.0 Å². The van der Waals surface area contributed by atoms with Crippen molar-refractivity contribution in [2.24, 2.45) is 0 Å². The van der Waals surface area contributed by atoms with Gasteiger partial charge in [-0.3, -0.25) is 0 Å². The van der Waals surface area contributed by atoms with Gasteiger partial charge >= 0.3 is 0 Å². The van der Waals surface area contributed by atoms with Gasteiger partial charge in [-0.25, -0.2) is 9.97 Å². The van der Waals surface area contributed by atoms with Crippen LogP contribution < -0.4 is 20.1 Å². The van der Waals surface area contributed by atoms with Gasteiger partial charge in [0.2, 0.25) is 0 Å². The Morgan fingerprint density at radius 2 is 1.62 bits per heavy atom. The van der Waals surface area contributed by atoms with Crippen LogP contribution in [0.15, 0.2) is 54.6 Å². The molecule has 29 heavy (non-hydrogen) atoms. The molecule has 6 nitrogen and oxygen atoms in total. The summed E-state index contributed by atoms with van der Waals surface area (Å²) in [5, 5.41) is 6.85. The van der Waals surface area contributed by atoms with Crippen LogP contribution in [0.3, 0.4) is 0 Å². The highest BCUT2D eigenvalue weighted by atomic mass is 16.5. The summed E-state index contributed by atoms with van der Waals surface area (Å²) in [6.45, 7) is 4.89. The third kappa shape index (κ3) is 5.38. The average Bonchev–Trinajstić information content (AvgIpc) is 2.77. The standard InChI is InChI=1S/C23H28N4O2/c1-5-16(2)25-22-14-21(26-23(27-22)18-9-7-6-8-10-18)24-15-17-11-12-19(28-3)20(13-17)29-4/h6-14,16H,5,15H2,1-4H3,(H2,24,25,26,27). The van der Waals surface area contributed by atoms with E-state index in [-0.39, 0.29) is 0 Å². The summed E-state index contributed by atoms with van der Waals surface area (Å²) < 4.78 is 10.7. The van der Waals surface area contributed by atoms with Gasteiger partial charge in [-0.2, -0.15) is 0 Å². The summed E-state index contributed by atoms with van der Waals surface area (Å²) >= 11 is 0. The molecular weight excluding hydrogens is 364 g/mol. The number of hydrogen-bond donors (Lipinski definition) is 2. The minimum Gasteiger partial charge on any atom is -0.493 e.